The topological polar surface area (TPSA) is 42.1 Å². The molecule has 0 bridgehead atoms. The van der Waals surface area contributed by atoms with E-state index >= 15 is 0 Å². The van der Waals surface area contributed by atoms with Gasteiger partial charge in [0, 0.05) is 25.0 Å². The summed E-state index contributed by atoms with van der Waals surface area (Å²) in [5.41, 5.74) is 9.19. The molecule has 0 amide bonds. The maximum absolute atomic E-state index is 5.67. The third-order valence-electron chi connectivity index (χ3n) is 2.98. The molecule has 0 saturated heterocycles. The number of aryl methyl sites for hydroxylation is 1. The van der Waals surface area contributed by atoms with E-state index in [9.17, 15) is 0 Å². The van der Waals surface area contributed by atoms with Crippen molar-refractivity contribution in [3.05, 3.63) is 53.7 Å². The van der Waals surface area contributed by atoms with Gasteiger partial charge in [0.2, 0.25) is 0 Å². The summed E-state index contributed by atoms with van der Waals surface area (Å²) in [5.74, 6) is 0.948. The van der Waals surface area contributed by atoms with E-state index in [0.29, 0.717) is 6.54 Å². The molecule has 0 spiro atoms. The number of nitrogens with zero attached hydrogens (tertiary/aromatic N) is 2. The van der Waals surface area contributed by atoms with Crippen molar-refractivity contribution in [1.29, 1.82) is 0 Å². The summed E-state index contributed by atoms with van der Waals surface area (Å²) in [6, 6.07) is 12.5. The zero-order valence-corrected chi connectivity index (χ0v) is 10.9. The zero-order chi connectivity index (χ0) is 13.0. The van der Waals surface area contributed by atoms with Crippen molar-refractivity contribution in [2.24, 2.45) is 5.73 Å². The van der Waals surface area contributed by atoms with Gasteiger partial charge in [-0.25, -0.2) is 4.98 Å². The Balaban J connectivity index is 2.35. The Kier molecular flexibility index (Phi) is 3.95. The Hall–Kier alpha value is -1.87. The van der Waals surface area contributed by atoms with E-state index in [2.05, 4.69) is 48.0 Å². The van der Waals surface area contributed by atoms with Gasteiger partial charge in [-0.15, -0.1) is 0 Å². The molecule has 3 heteroatoms. The van der Waals surface area contributed by atoms with Crippen LogP contribution >= 0.6 is 0 Å². The van der Waals surface area contributed by atoms with Crippen LogP contribution < -0.4 is 10.6 Å². The highest BCUT2D eigenvalue weighted by molar-refractivity contribution is 5.60. The second-order valence-electron chi connectivity index (χ2n) is 4.31. The van der Waals surface area contributed by atoms with E-state index in [4.69, 9.17) is 5.73 Å². The standard InChI is InChI=1S/C15H19N3/c1-3-18(14-6-4-12(2)5-7-14)15-10-13(11-16)8-9-17-15/h4-10H,3,11,16H2,1-2H3. The summed E-state index contributed by atoms with van der Waals surface area (Å²) >= 11 is 0. The summed E-state index contributed by atoms with van der Waals surface area (Å²) in [6.45, 7) is 5.63. The molecule has 94 valence electrons. The third kappa shape index (κ3) is 2.68. The van der Waals surface area contributed by atoms with Crippen LogP contribution in [0.3, 0.4) is 0 Å². The number of anilines is 2. The second-order valence-corrected chi connectivity index (χ2v) is 4.31. The number of aromatic nitrogens is 1. The molecule has 0 saturated carbocycles. The number of rotatable bonds is 4. The number of hydrogen-bond donors (Lipinski definition) is 1. The van der Waals surface area contributed by atoms with Crippen molar-refractivity contribution in [3.63, 3.8) is 0 Å². The Morgan fingerprint density at radius 1 is 1.17 bits per heavy atom. The minimum absolute atomic E-state index is 0.543. The Labute approximate surface area is 108 Å². The fourth-order valence-corrected chi connectivity index (χ4v) is 1.94. The molecular formula is C15H19N3. The molecule has 0 unspecified atom stereocenters. The van der Waals surface area contributed by atoms with Crippen molar-refractivity contribution < 1.29 is 0 Å². The highest BCUT2D eigenvalue weighted by Crippen LogP contribution is 2.23. The van der Waals surface area contributed by atoms with Gasteiger partial charge in [0.25, 0.3) is 0 Å². The minimum Gasteiger partial charge on any atom is -0.327 e. The van der Waals surface area contributed by atoms with Gasteiger partial charge in [0.05, 0.1) is 0 Å². The molecule has 0 atom stereocenters. The van der Waals surface area contributed by atoms with Gasteiger partial charge >= 0.3 is 0 Å². The molecule has 0 fully saturated rings. The monoisotopic (exact) mass is 241 g/mol. The van der Waals surface area contributed by atoms with Crippen molar-refractivity contribution >= 4 is 11.5 Å². The van der Waals surface area contributed by atoms with Gasteiger partial charge < -0.3 is 10.6 Å². The van der Waals surface area contributed by atoms with E-state index in [-0.39, 0.29) is 0 Å². The average molecular weight is 241 g/mol. The molecular weight excluding hydrogens is 222 g/mol. The van der Waals surface area contributed by atoms with Crippen molar-refractivity contribution in [1.82, 2.24) is 4.98 Å². The largest absolute Gasteiger partial charge is 0.327 e. The molecule has 0 aliphatic heterocycles. The maximum atomic E-state index is 5.67. The SMILES string of the molecule is CCN(c1ccc(C)cc1)c1cc(CN)ccn1. The van der Waals surface area contributed by atoms with Crippen LogP contribution in [-0.2, 0) is 6.54 Å². The van der Waals surface area contributed by atoms with Gasteiger partial charge in [0.15, 0.2) is 0 Å². The predicted molar refractivity (Wildman–Crippen MR) is 76.0 cm³/mol. The van der Waals surface area contributed by atoms with Gasteiger partial charge in [0.1, 0.15) is 5.82 Å². The second kappa shape index (κ2) is 5.65. The first-order chi connectivity index (χ1) is 8.74. The van der Waals surface area contributed by atoms with Gasteiger partial charge in [-0.3, -0.25) is 0 Å². The van der Waals surface area contributed by atoms with Crippen LogP contribution in [0, 0.1) is 6.92 Å². The molecule has 1 aromatic carbocycles. The number of hydrogen-bond acceptors (Lipinski definition) is 3. The highest BCUT2D eigenvalue weighted by atomic mass is 15.2. The van der Waals surface area contributed by atoms with E-state index in [1.807, 2.05) is 18.3 Å². The molecule has 2 N–H and O–H groups in total. The average Bonchev–Trinajstić information content (AvgIpc) is 2.42. The van der Waals surface area contributed by atoms with Crippen LogP contribution in [0.4, 0.5) is 11.5 Å². The van der Waals surface area contributed by atoms with Gasteiger partial charge in [-0.1, -0.05) is 17.7 Å². The van der Waals surface area contributed by atoms with Crippen LogP contribution in [0.5, 0.6) is 0 Å². The van der Waals surface area contributed by atoms with Crippen LogP contribution in [0.15, 0.2) is 42.6 Å². The molecule has 1 heterocycles. The van der Waals surface area contributed by atoms with E-state index in [0.717, 1.165) is 23.6 Å². The van der Waals surface area contributed by atoms with E-state index in [1.54, 1.807) is 0 Å². The van der Waals surface area contributed by atoms with Crippen LogP contribution in [0.1, 0.15) is 18.1 Å². The normalized spacial score (nSPS) is 10.4. The lowest BCUT2D eigenvalue weighted by Crippen LogP contribution is -2.17. The molecule has 2 rings (SSSR count). The van der Waals surface area contributed by atoms with E-state index < -0.39 is 0 Å². The molecule has 18 heavy (non-hydrogen) atoms. The molecule has 0 radical (unpaired) electrons. The van der Waals surface area contributed by atoms with Gasteiger partial charge in [-0.2, -0.15) is 0 Å². The molecule has 0 aliphatic carbocycles. The number of benzene rings is 1. The first-order valence-corrected chi connectivity index (χ1v) is 6.23. The maximum Gasteiger partial charge on any atom is 0.133 e. The van der Waals surface area contributed by atoms with Crippen LogP contribution in [-0.4, -0.2) is 11.5 Å². The Bertz CT molecular complexity index is 505. The first-order valence-electron chi connectivity index (χ1n) is 6.23. The minimum atomic E-state index is 0.543. The highest BCUT2D eigenvalue weighted by Gasteiger charge is 2.08. The van der Waals surface area contributed by atoms with Crippen molar-refractivity contribution in [2.75, 3.05) is 11.4 Å². The fourth-order valence-electron chi connectivity index (χ4n) is 1.94. The third-order valence-corrected chi connectivity index (χ3v) is 2.98. The Morgan fingerprint density at radius 3 is 2.50 bits per heavy atom. The lowest BCUT2D eigenvalue weighted by molar-refractivity contribution is 0.974. The van der Waals surface area contributed by atoms with Crippen molar-refractivity contribution in [3.8, 4) is 0 Å². The Morgan fingerprint density at radius 2 is 1.89 bits per heavy atom. The van der Waals surface area contributed by atoms with Crippen LogP contribution in [0.2, 0.25) is 0 Å². The summed E-state index contributed by atoms with van der Waals surface area (Å²) in [6.07, 6.45) is 1.81. The number of nitrogens with two attached hydrogens (primary N) is 1. The summed E-state index contributed by atoms with van der Waals surface area (Å²) in [7, 11) is 0. The summed E-state index contributed by atoms with van der Waals surface area (Å²) in [4.78, 5) is 6.61. The quantitative estimate of drug-likeness (QED) is 0.894. The lowest BCUT2D eigenvalue weighted by Gasteiger charge is -2.22. The van der Waals surface area contributed by atoms with Gasteiger partial charge in [-0.05, 0) is 43.7 Å². The molecule has 2 aromatic rings. The molecule has 1 aromatic heterocycles. The smallest absolute Gasteiger partial charge is 0.133 e. The van der Waals surface area contributed by atoms with Crippen LogP contribution in [0.25, 0.3) is 0 Å². The predicted octanol–water partition coefficient (Wildman–Crippen LogP) is 3.01. The summed E-state index contributed by atoms with van der Waals surface area (Å²) in [5, 5.41) is 0. The van der Waals surface area contributed by atoms with E-state index in [1.165, 1.54) is 5.56 Å². The fraction of sp³-hybridized carbons (Fsp3) is 0.267. The first kappa shape index (κ1) is 12.6. The van der Waals surface area contributed by atoms with Crippen molar-refractivity contribution in [2.45, 2.75) is 20.4 Å². The molecule has 0 aliphatic rings. The molecule has 3 nitrogen and oxygen atoms in total. The number of pyridine rings is 1. The lowest BCUT2D eigenvalue weighted by atomic mass is 10.2. The zero-order valence-electron chi connectivity index (χ0n) is 10.9. The summed E-state index contributed by atoms with van der Waals surface area (Å²) < 4.78 is 0.